The second-order valence-corrected chi connectivity index (χ2v) is 5.03. The number of aromatic amines is 1. The maximum absolute atomic E-state index is 4.43. The minimum absolute atomic E-state index is 0.646. The lowest BCUT2D eigenvalue weighted by molar-refractivity contribution is 0.630. The summed E-state index contributed by atoms with van der Waals surface area (Å²) in [6.45, 7) is 6.57. The van der Waals surface area contributed by atoms with Crippen LogP contribution in [0, 0.1) is 12.8 Å². The van der Waals surface area contributed by atoms with Crippen LogP contribution >= 0.6 is 0 Å². The Bertz CT molecular complexity index is 469. The molecule has 0 aliphatic carbocycles. The van der Waals surface area contributed by atoms with Crippen LogP contribution in [-0.2, 0) is 12.8 Å². The van der Waals surface area contributed by atoms with Gasteiger partial charge < -0.3 is 0 Å². The third-order valence-corrected chi connectivity index (χ3v) is 2.98. The molecule has 0 radical (unpaired) electrons. The molecule has 0 aliphatic rings. The van der Waals surface area contributed by atoms with Gasteiger partial charge in [0.1, 0.15) is 0 Å². The zero-order valence-electron chi connectivity index (χ0n) is 10.8. The Morgan fingerprint density at radius 2 is 1.88 bits per heavy atom. The highest BCUT2D eigenvalue weighted by Gasteiger charge is 2.11. The molecule has 2 aromatic rings. The summed E-state index contributed by atoms with van der Waals surface area (Å²) >= 11 is 0. The first-order chi connectivity index (χ1) is 8.16. The van der Waals surface area contributed by atoms with Gasteiger partial charge >= 0.3 is 0 Å². The number of rotatable bonds is 4. The number of H-pyrrole nitrogens is 1. The molecule has 0 saturated carbocycles. The Balaban J connectivity index is 2.23. The van der Waals surface area contributed by atoms with E-state index in [0.29, 0.717) is 5.92 Å². The molecule has 0 saturated heterocycles. The van der Waals surface area contributed by atoms with E-state index in [-0.39, 0.29) is 0 Å². The van der Waals surface area contributed by atoms with Crippen molar-refractivity contribution in [1.82, 2.24) is 10.2 Å². The third-order valence-electron chi connectivity index (χ3n) is 2.98. The first kappa shape index (κ1) is 11.9. The molecule has 0 bridgehead atoms. The molecular weight excluding hydrogens is 208 g/mol. The predicted octanol–water partition coefficient (Wildman–Crippen LogP) is 3.51. The van der Waals surface area contributed by atoms with E-state index in [1.165, 1.54) is 22.5 Å². The Kier molecular flexibility index (Phi) is 3.62. The monoisotopic (exact) mass is 228 g/mol. The minimum atomic E-state index is 0.646. The molecule has 1 aromatic carbocycles. The average Bonchev–Trinajstić information content (AvgIpc) is 2.62. The van der Waals surface area contributed by atoms with E-state index in [4.69, 9.17) is 0 Å². The number of nitrogens with one attached hydrogen (secondary N) is 1. The molecule has 0 unspecified atom stereocenters. The highest BCUT2D eigenvalue weighted by Crippen LogP contribution is 2.18. The van der Waals surface area contributed by atoms with Gasteiger partial charge in [0.15, 0.2) is 0 Å². The molecule has 2 rings (SSSR count). The maximum Gasteiger partial charge on any atom is 0.0662 e. The van der Waals surface area contributed by atoms with E-state index in [0.717, 1.165) is 12.8 Å². The van der Waals surface area contributed by atoms with Crippen LogP contribution in [0.1, 0.15) is 36.4 Å². The van der Waals surface area contributed by atoms with Gasteiger partial charge in [0.05, 0.1) is 5.69 Å². The highest BCUT2D eigenvalue weighted by molar-refractivity contribution is 5.31. The molecule has 17 heavy (non-hydrogen) atoms. The van der Waals surface area contributed by atoms with Gasteiger partial charge in [0.25, 0.3) is 0 Å². The lowest BCUT2D eigenvalue weighted by Crippen LogP contribution is -2.00. The number of nitrogens with zero attached hydrogens (tertiary/aromatic N) is 1. The number of hydrogen-bond donors (Lipinski definition) is 1. The predicted molar refractivity (Wildman–Crippen MR) is 71.1 cm³/mol. The van der Waals surface area contributed by atoms with Crippen molar-refractivity contribution in [2.24, 2.45) is 5.92 Å². The molecule has 0 amide bonds. The SMILES string of the molecule is Cc1[nH]nc(CC(C)C)c1Cc1ccccc1. The van der Waals surface area contributed by atoms with E-state index in [1.54, 1.807) is 0 Å². The second kappa shape index (κ2) is 5.17. The van der Waals surface area contributed by atoms with Gasteiger partial charge in [0, 0.05) is 17.7 Å². The van der Waals surface area contributed by atoms with E-state index in [9.17, 15) is 0 Å². The smallest absolute Gasteiger partial charge is 0.0662 e. The summed E-state index contributed by atoms with van der Waals surface area (Å²) in [5.74, 6) is 0.646. The fourth-order valence-corrected chi connectivity index (χ4v) is 2.09. The average molecular weight is 228 g/mol. The lowest BCUT2D eigenvalue weighted by Gasteiger charge is -2.06. The van der Waals surface area contributed by atoms with Crippen molar-refractivity contribution < 1.29 is 0 Å². The van der Waals surface area contributed by atoms with E-state index >= 15 is 0 Å². The first-order valence-electron chi connectivity index (χ1n) is 6.23. The van der Waals surface area contributed by atoms with E-state index < -0.39 is 0 Å². The summed E-state index contributed by atoms with van der Waals surface area (Å²) in [6.07, 6.45) is 2.03. The maximum atomic E-state index is 4.43. The molecule has 2 heteroatoms. The highest BCUT2D eigenvalue weighted by atomic mass is 15.1. The van der Waals surface area contributed by atoms with Gasteiger partial charge in [-0.3, -0.25) is 5.10 Å². The fraction of sp³-hybridized carbons (Fsp3) is 0.400. The van der Waals surface area contributed by atoms with Crippen LogP contribution in [0.25, 0.3) is 0 Å². The van der Waals surface area contributed by atoms with Gasteiger partial charge in [-0.15, -0.1) is 0 Å². The summed E-state index contributed by atoms with van der Waals surface area (Å²) in [6, 6.07) is 10.6. The Hall–Kier alpha value is -1.57. The number of aryl methyl sites for hydroxylation is 1. The van der Waals surface area contributed by atoms with Gasteiger partial charge in [-0.2, -0.15) is 5.10 Å². The lowest BCUT2D eigenvalue weighted by atomic mass is 9.98. The summed E-state index contributed by atoms with van der Waals surface area (Å²) in [7, 11) is 0. The number of hydrogen-bond acceptors (Lipinski definition) is 1. The van der Waals surface area contributed by atoms with E-state index in [2.05, 4.69) is 61.3 Å². The fourth-order valence-electron chi connectivity index (χ4n) is 2.09. The van der Waals surface area contributed by atoms with Crippen LogP contribution in [0.5, 0.6) is 0 Å². The Morgan fingerprint density at radius 3 is 2.53 bits per heavy atom. The van der Waals surface area contributed by atoms with Crippen molar-refractivity contribution in [3.05, 3.63) is 52.8 Å². The minimum Gasteiger partial charge on any atom is -0.282 e. The normalized spacial score (nSPS) is 11.1. The van der Waals surface area contributed by atoms with Gasteiger partial charge in [-0.05, 0) is 24.8 Å². The van der Waals surface area contributed by atoms with Gasteiger partial charge in [-0.1, -0.05) is 44.2 Å². The first-order valence-corrected chi connectivity index (χ1v) is 6.23. The van der Waals surface area contributed by atoms with Gasteiger partial charge in [0.2, 0.25) is 0 Å². The topological polar surface area (TPSA) is 28.7 Å². The van der Waals surface area contributed by atoms with Gasteiger partial charge in [-0.25, -0.2) is 0 Å². The van der Waals surface area contributed by atoms with Crippen LogP contribution in [0.3, 0.4) is 0 Å². The van der Waals surface area contributed by atoms with Crippen molar-refractivity contribution in [3.8, 4) is 0 Å². The van der Waals surface area contributed by atoms with Crippen molar-refractivity contribution in [2.75, 3.05) is 0 Å². The molecule has 0 aliphatic heterocycles. The summed E-state index contributed by atoms with van der Waals surface area (Å²) in [5.41, 5.74) is 5.14. The standard InChI is InChI=1S/C15H20N2/c1-11(2)9-15-14(12(3)16-17-15)10-13-7-5-4-6-8-13/h4-8,11H,9-10H2,1-3H3,(H,16,17). The number of aromatic nitrogens is 2. The van der Waals surface area contributed by atoms with Crippen LogP contribution in [-0.4, -0.2) is 10.2 Å². The molecule has 1 heterocycles. The second-order valence-electron chi connectivity index (χ2n) is 5.03. The van der Waals surface area contributed by atoms with Crippen molar-refractivity contribution in [1.29, 1.82) is 0 Å². The van der Waals surface area contributed by atoms with Crippen molar-refractivity contribution in [3.63, 3.8) is 0 Å². The molecule has 1 N–H and O–H groups in total. The van der Waals surface area contributed by atoms with Crippen molar-refractivity contribution in [2.45, 2.75) is 33.6 Å². The van der Waals surface area contributed by atoms with Crippen LogP contribution in [0.15, 0.2) is 30.3 Å². The summed E-state index contributed by atoms with van der Waals surface area (Å²) in [4.78, 5) is 0. The summed E-state index contributed by atoms with van der Waals surface area (Å²) < 4.78 is 0. The van der Waals surface area contributed by atoms with Crippen molar-refractivity contribution >= 4 is 0 Å². The third kappa shape index (κ3) is 2.96. The Labute approximate surface area is 103 Å². The molecule has 2 nitrogen and oxygen atoms in total. The molecule has 90 valence electrons. The Morgan fingerprint density at radius 1 is 1.18 bits per heavy atom. The zero-order chi connectivity index (χ0) is 12.3. The molecule has 0 spiro atoms. The largest absolute Gasteiger partial charge is 0.282 e. The van der Waals surface area contributed by atoms with Crippen LogP contribution in [0.2, 0.25) is 0 Å². The molecule has 0 fully saturated rings. The van der Waals surface area contributed by atoms with Crippen LogP contribution < -0.4 is 0 Å². The summed E-state index contributed by atoms with van der Waals surface area (Å²) in [5, 5.41) is 7.54. The number of benzene rings is 1. The van der Waals surface area contributed by atoms with E-state index in [1.807, 2.05) is 0 Å². The van der Waals surface area contributed by atoms with Crippen LogP contribution in [0.4, 0.5) is 0 Å². The molecule has 0 atom stereocenters. The zero-order valence-corrected chi connectivity index (χ0v) is 10.8. The molecule has 1 aromatic heterocycles. The molecular formula is C15H20N2. The quantitative estimate of drug-likeness (QED) is 0.852.